The molecule has 1 aliphatic rings. The first kappa shape index (κ1) is 16.2. The van der Waals surface area contributed by atoms with E-state index in [1.165, 1.54) is 0 Å². The van der Waals surface area contributed by atoms with Gasteiger partial charge in [-0.25, -0.2) is 9.97 Å². The van der Waals surface area contributed by atoms with Crippen molar-refractivity contribution in [1.82, 2.24) is 9.97 Å². The molecule has 4 nitrogen and oxygen atoms in total. The fourth-order valence-corrected chi connectivity index (χ4v) is 3.30. The summed E-state index contributed by atoms with van der Waals surface area (Å²) in [5.41, 5.74) is 8.22. The van der Waals surface area contributed by atoms with Crippen molar-refractivity contribution >= 4 is 5.82 Å². The van der Waals surface area contributed by atoms with Gasteiger partial charge in [0.1, 0.15) is 11.4 Å². The Kier molecular flexibility index (Phi) is 4.57. The van der Waals surface area contributed by atoms with Crippen LogP contribution in [0.5, 0.6) is 0 Å². The maximum Gasteiger partial charge on any atom is 0.162 e. The molecule has 4 heteroatoms. The van der Waals surface area contributed by atoms with Gasteiger partial charge in [0.15, 0.2) is 5.82 Å². The van der Waals surface area contributed by atoms with E-state index in [0.29, 0.717) is 17.8 Å². The molecule has 0 aromatic carbocycles. The molecule has 0 spiro atoms. The first-order valence-electron chi connectivity index (χ1n) is 8.11. The average molecular weight is 291 g/mol. The summed E-state index contributed by atoms with van der Waals surface area (Å²) >= 11 is 0. The SMILES string of the molecule is CCOC1(c2nc(C)c(CC)c(N)n2)CCC(C)(C)CC1. The van der Waals surface area contributed by atoms with Crippen molar-refractivity contribution in [3.05, 3.63) is 17.1 Å². The van der Waals surface area contributed by atoms with Gasteiger partial charge in [0, 0.05) is 17.9 Å². The molecule has 118 valence electrons. The number of rotatable bonds is 4. The fraction of sp³-hybridized carbons (Fsp3) is 0.765. The summed E-state index contributed by atoms with van der Waals surface area (Å²) in [6, 6.07) is 0. The Labute approximate surface area is 128 Å². The summed E-state index contributed by atoms with van der Waals surface area (Å²) < 4.78 is 6.15. The third-order valence-corrected chi connectivity index (χ3v) is 4.84. The van der Waals surface area contributed by atoms with Gasteiger partial charge in [0.2, 0.25) is 0 Å². The normalized spacial score (nSPS) is 20.4. The fourth-order valence-electron chi connectivity index (χ4n) is 3.30. The van der Waals surface area contributed by atoms with Crippen LogP contribution in [0, 0.1) is 12.3 Å². The molecule has 1 aromatic heterocycles. The Morgan fingerprint density at radius 2 is 1.71 bits per heavy atom. The predicted octanol–water partition coefficient (Wildman–Crippen LogP) is 3.76. The molecule has 1 fully saturated rings. The van der Waals surface area contributed by atoms with E-state index in [0.717, 1.165) is 49.2 Å². The monoisotopic (exact) mass is 291 g/mol. The summed E-state index contributed by atoms with van der Waals surface area (Å²) in [5, 5.41) is 0. The van der Waals surface area contributed by atoms with E-state index in [1.54, 1.807) is 0 Å². The summed E-state index contributed by atoms with van der Waals surface area (Å²) in [7, 11) is 0. The molecule has 1 aromatic rings. The molecule has 1 saturated carbocycles. The number of hydrogen-bond donors (Lipinski definition) is 1. The molecule has 0 bridgehead atoms. The van der Waals surface area contributed by atoms with Gasteiger partial charge in [-0.2, -0.15) is 0 Å². The lowest BCUT2D eigenvalue weighted by Gasteiger charge is -2.42. The minimum atomic E-state index is -0.352. The zero-order valence-electron chi connectivity index (χ0n) is 14.1. The van der Waals surface area contributed by atoms with Crippen molar-refractivity contribution in [3.8, 4) is 0 Å². The van der Waals surface area contributed by atoms with Gasteiger partial charge >= 0.3 is 0 Å². The molecule has 0 saturated heterocycles. The van der Waals surface area contributed by atoms with E-state index in [9.17, 15) is 0 Å². The largest absolute Gasteiger partial charge is 0.383 e. The van der Waals surface area contributed by atoms with Crippen LogP contribution >= 0.6 is 0 Å². The molecule has 2 rings (SSSR count). The number of aromatic nitrogens is 2. The molecule has 0 amide bonds. The zero-order chi connectivity index (χ0) is 15.7. The zero-order valence-corrected chi connectivity index (χ0v) is 14.1. The molecular formula is C17H29N3O. The standard InChI is InChI=1S/C17H29N3O/c1-6-13-12(3)19-15(20-14(13)18)17(21-7-2)10-8-16(4,5)9-11-17/h6-11H2,1-5H3,(H2,18,19,20). The van der Waals surface area contributed by atoms with Crippen LogP contribution in [0.1, 0.15) is 70.5 Å². The number of nitrogens with two attached hydrogens (primary N) is 1. The highest BCUT2D eigenvalue weighted by atomic mass is 16.5. The summed E-state index contributed by atoms with van der Waals surface area (Å²) in [6.07, 6.45) is 5.07. The van der Waals surface area contributed by atoms with Crippen molar-refractivity contribution in [3.63, 3.8) is 0 Å². The van der Waals surface area contributed by atoms with E-state index in [2.05, 4.69) is 25.8 Å². The van der Waals surface area contributed by atoms with Crippen LogP contribution in [0.4, 0.5) is 5.82 Å². The Balaban J connectivity index is 2.40. The van der Waals surface area contributed by atoms with Crippen LogP contribution in [0.25, 0.3) is 0 Å². The smallest absolute Gasteiger partial charge is 0.162 e. The van der Waals surface area contributed by atoms with Crippen LogP contribution in [0.15, 0.2) is 0 Å². The molecule has 1 heterocycles. The number of nitrogen functional groups attached to an aromatic ring is 1. The second-order valence-corrected chi connectivity index (χ2v) is 6.94. The van der Waals surface area contributed by atoms with Crippen molar-refractivity contribution in [2.45, 2.75) is 72.3 Å². The lowest BCUT2D eigenvalue weighted by atomic mass is 9.70. The van der Waals surface area contributed by atoms with Gasteiger partial charge < -0.3 is 10.5 Å². The molecule has 0 aliphatic heterocycles. The van der Waals surface area contributed by atoms with Crippen molar-refractivity contribution in [2.75, 3.05) is 12.3 Å². The highest BCUT2D eigenvalue weighted by Crippen LogP contribution is 2.46. The predicted molar refractivity (Wildman–Crippen MR) is 86.1 cm³/mol. The van der Waals surface area contributed by atoms with E-state index < -0.39 is 0 Å². The average Bonchev–Trinajstić information content (AvgIpc) is 2.41. The quantitative estimate of drug-likeness (QED) is 0.917. The van der Waals surface area contributed by atoms with Crippen LogP contribution in [-0.4, -0.2) is 16.6 Å². The molecule has 1 aliphatic carbocycles. The highest BCUT2D eigenvalue weighted by Gasteiger charge is 2.42. The highest BCUT2D eigenvalue weighted by molar-refractivity contribution is 5.42. The Hall–Kier alpha value is -1.16. The maximum absolute atomic E-state index is 6.15. The van der Waals surface area contributed by atoms with E-state index in [1.807, 2.05) is 13.8 Å². The van der Waals surface area contributed by atoms with Crippen LogP contribution in [0.3, 0.4) is 0 Å². The molecule has 0 unspecified atom stereocenters. The molecular weight excluding hydrogens is 262 g/mol. The van der Waals surface area contributed by atoms with Crippen LogP contribution in [-0.2, 0) is 16.8 Å². The first-order valence-corrected chi connectivity index (χ1v) is 8.11. The lowest BCUT2D eigenvalue weighted by molar-refractivity contribution is -0.0948. The summed E-state index contributed by atoms with van der Waals surface area (Å²) in [4.78, 5) is 9.36. The second-order valence-electron chi connectivity index (χ2n) is 6.94. The number of nitrogens with zero attached hydrogens (tertiary/aromatic N) is 2. The first-order chi connectivity index (χ1) is 9.83. The number of ether oxygens (including phenoxy) is 1. The van der Waals surface area contributed by atoms with E-state index in [-0.39, 0.29) is 5.60 Å². The van der Waals surface area contributed by atoms with Gasteiger partial charge in [-0.1, -0.05) is 20.8 Å². The minimum absolute atomic E-state index is 0.352. The second kappa shape index (κ2) is 5.91. The van der Waals surface area contributed by atoms with Gasteiger partial charge in [-0.3, -0.25) is 0 Å². The molecule has 0 radical (unpaired) electrons. The lowest BCUT2D eigenvalue weighted by Crippen LogP contribution is -2.39. The molecule has 21 heavy (non-hydrogen) atoms. The van der Waals surface area contributed by atoms with Crippen molar-refractivity contribution in [1.29, 1.82) is 0 Å². The summed E-state index contributed by atoms with van der Waals surface area (Å²) in [6.45, 7) is 11.5. The third kappa shape index (κ3) is 3.20. The number of aryl methyl sites for hydroxylation is 1. The van der Waals surface area contributed by atoms with Crippen LogP contribution < -0.4 is 5.73 Å². The van der Waals surface area contributed by atoms with Gasteiger partial charge in [0.25, 0.3) is 0 Å². The van der Waals surface area contributed by atoms with Gasteiger partial charge in [0.05, 0.1) is 0 Å². The van der Waals surface area contributed by atoms with Crippen molar-refractivity contribution < 1.29 is 4.74 Å². The van der Waals surface area contributed by atoms with Gasteiger partial charge in [-0.15, -0.1) is 0 Å². The van der Waals surface area contributed by atoms with E-state index >= 15 is 0 Å². The van der Waals surface area contributed by atoms with E-state index in [4.69, 9.17) is 15.5 Å². The van der Waals surface area contributed by atoms with Crippen LogP contribution in [0.2, 0.25) is 0 Å². The topological polar surface area (TPSA) is 61.0 Å². The Bertz CT molecular complexity index is 478. The Morgan fingerprint density at radius 1 is 1.10 bits per heavy atom. The molecule has 2 N–H and O–H groups in total. The number of hydrogen-bond acceptors (Lipinski definition) is 4. The third-order valence-electron chi connectivity index (χ3n) is 4.84. The maximum atomic E-state index is 6.15. The Morgan fingerprint density at radius 3 is 2.19 bits per heavy atom. The minimum Gasteiger partial charge on any atom is -0.383 e. The van der Waals surface area contributed by atoms with Gasteiger partial charge in [-0.05, 0) is 51.4 Å². The summed E-state index contributed by atoms with van der Waals surface area (Å²) in [5.74, 6) is 1.40. The van der Waals surface area contributed by atoms with Crippen molar-refractivity contribution in [2.24, 2.45) is 5.41 Å². The molecule has 0 atom stereocenters. The number of anilines is 1.